The maximum Gasteiger partial charge on any atom is 0.416 e. The Morgan fingerprint density at radius 2 is 1.63 bits per heavy atom. The number of anilines is 1. The molecule has 16 heteroatoms. The first-order valence-corrected chi connectivity index (χ1v) is 18.3. The average Bonchev–Trinajstić information content (AvgIpc) is 3.96. The number of hydrogen-bond donors (Lipinski definition) is 4. The van der Waals surface area contributed by atoms with Crippen molar-refractivity contribution in [2.75, 3.05) is 31.0 Å². The van der Waals surface area contributed by atoms with E-state index in [-0.39, 0.29) is 63.7 Å². The van der Waals surface area contributed by atoms with Crippen molar-refractivity contribution in [2.24, 2.45) is 0 Å². The largest absolute Gasteiger partial charge is 0.416 e. The maximum atomic E-state index is 14.6. The minimum Gasteiger partial charge on any atom is -0.395 e. The predicted molar refractivity (Wildman–Crippen MR) is 184 cm³/mol. The highest BCUT2D eigenvalue weighted by Gasteiger charge is 2.43. The third kappa shape index (κ3) is 8.68. The summed E-state index contributed by atoms with van der Waals surface area (Å²) in [6.07, 6.45) is -7.48. The van der Waals surface area contributed by atoms with E-state index in [1.165, 1.54) is 60.7 Å². The lowest BCUT2D eigenvalue weighted by Crippen LogP contribution is -2.43. The molecule has 3 aromatic carbocycles. The van der Waals surface area contributed by atoms with Gasteiger partial charge in [0.2, 0.25) is 10.0 Å². The monoisotopic (exact) mass is 749 g/mol. The van der Waals surface area contributed by atoms with Crippen LogP contribution in [0.4, 0.5) is 32.0 Å². The summed E-state index contributed by atoms with van der Waals surface area (Å²) in [6, 6.07) is 12.8. The Labute approximate surface area is 296 Å². The van der Waals surface area contributed by atoms with Gasteiger partial charge in [0, 0.05) is 41.3 Å². The molecule has 52 heavy (non-hydrogen) atoms. The number of likely N-dealkylation sites (tertiary alicyclic amines) is 1. The van der Waals surface area contributed by atoms with Crippen LogP contribution in [0, 0.1) is 0 Å². The van der Waals surface area contributed by atoms with E-state index in [4.69, 9.17) is 4.98 Å². The zero-order valence-corrected chi connectivity index (χ0v) is 28.6. The summed E-state index contributed by atoms with van der Waals surface area (Å²) in [5.41, 5.74) is -1.32. The number of rotatable bonds is 12. The van der Waals surface area contributed by atoms with Gasteiger partial charge in [-0.25, -0.2) is 13.4 Å². The first-order valence-electron chi connectivity index (χ1n) is 16.8. The molecule has 0 spiro atoms. The number of nitrogens with zero attached hydrogens (tertiary/aromatic N) is 2. The van der Waals surface area contributed by atoms with Crippen molar-refractivity contribution in [3.05, 3.63) is 95.1 Å². The lowest BCUT2D eigenvalue weighted by molar-refractivity contribution is -0.155. The molecule has 4 aromatic rings. The summed E-state index contributed by atoms with van der Waals surface area (Å²) in [4.78, 5) is 21.1. The fourth-order valence-electron chi connectivity index (χ4n) is 6.48. The van der Waals surface area contributed by atoms with Crippen molar-refractivity contribution in [1.29, 1.82) is 0 Å². The van der Waals surface area contributed by atoms with Crippen LogP contribution in [0.3, 0.4) is 0 Å². The minimum atomic E-state index is -4.93. The molecular weight excluding hydrogens is 712 g/mol. The number of amides is 1. The fraction of sp³-hybridized carbons (Fsp3) is 0.389. The molecule has 0 bridgehead atoms. The highest BCUT2D eigenvalue weighted by atomic mass is 32.2. The molecule has 278 valence electrons. The Morgan fingerprint density at radius 3 is 2.27 bits per heavy atom. The SMILES string of the molecule is O=C(NC(c1ccccc1)C(F)(F)F)c1c(CN2CCC(NCCO)CC2)c(-c2cccc(C(F)(F)F)c2)nc2ccc(NS(=O)(=O)C3CC3)cc12. The number of halogens is 6. The van der Waals surface area contributed by atoms with Crippen LogP contribution in [-0.2, 0) is 22.7 Å². The van der Waals surface area contributed by atoms with Crippen LogP contribution in [0.1, 0.15) is 58.8 Å². The van der Waals surface area contributed by atoms with Gasteiger partial charge >= 0.3 is 12.4 Å². The number of aliphatic hydroxyl groups excluding tert-OH is 1. The Hall–Kier alpha value is -4.25. The molecule has 2 aliphatic rings. The first kappa shape index (κ1) is 37.5. The molecule has 1 saturated heterocycles. The molecule has 1 aromatic heterocycles. The molecular formula is C36H37F6N5O4S. The average molecular weight is 750 g/mol. The number of piperidine rings is 1. The van der Waals surface area contributed by atoms with Gasteiger partial charge in [0.15, 0.2) is 6.04 Å². The number of carbonyl (C=O) groups is 1. The van der Waals surface area contributed by atoms with E-state index in [9.17, 15) is 44.7 Å². The number of benzene rings is 3. The number of alkyl halides is 6. The van der Waals surface area contributed by atoms with Crippen LogP contribution in [0.5, 0.6) is 0 Å². The van der Waals surface area contributed by atoms with Gasteiger partial charge in [-0.1, -0.05) is 42.5 Å². The number of fused-ring (bicyclic) bond motifs is 1. The third-order valence-corrected chi connectivity index (χ3v) is 11.1. The minimum absolute atomic E-state index is 0.00535. The molecule has 2 fully saturated rings. The smallest absolute Gasteiger partial charge is 0.395 e. The number of hydrogen-bond acceptors (Lipinski definition) is 7. The Morgan fingerprint density at radius 1 is 0.923 bits per heavy atom. The van der Waals surface area contributed by atoms with Crippen LogP contribution in [0.2, 0.25) is 0 Å². The van der Waals surface area contributed by atoms with Gasteiger partial charge < -0.3 is 15.7 Å². The molecule has 2 heterocycles. The number of pyridine rings is 1. The number of sulfonamides is 1. The number of nitrogens with one attached hydrogen (secondary N) is 3. The van der Waals surface area contributed by atoms with Crippen LogP contribution in [0.25, 0.3) is 22.2 Å². The molecule has 1 saturated carbocycles. The molecule has 9 nitrogen and oxygen atoms in total. The van der Waals surface area contributed by atoms with E-state index in [1.807, 2.05) is 4.90 Å². The first-order chi connectivity index (χ1) is 24.6. The van der Waals surface area contributed by atoms with E-state index in [1.54, 1.807) is 0 Å². The lowest BCUT2D eigenvalue weighted by Gasteiger charge is -2.33. The Kier molecular flexibility index (Phi) is 10.8. The zero-order valence-electron chi connectivity index (χ0n) is 27.8. The summed E-state index contributed by atoms with van der Waals surface area (Å²) < 4.78 is 114. The van der Waals surface area contributed by atoms with Crippen molar-refractivity contribution in [3.8, 4) is 11.3 Å². The number of aliphatic hydroxyl groups is 1. The van der Waals surface area contributed by atoms with Gasteiger partial charge in [0.25, 0.3) is 5.91 Å². The molecule has 1 unspecified atom stereocenters. The Bertz CT molecular complexity index is 2020. The molecule has 1 amide bonds. The van der Waals surface area contributed by atoms with Crippen LogP contribution < -0.4 is 15.4 Å². The molecule has 1 atom stereocenters. The topological polar surface area (TPSA) is 124 Å². The van der Waals surface area contributed by atoms with Gasteiger partial charge in [-0.3, -0.25) is 14.4 Å². The molecule has 4 N–H and O–H groups in total. The van der Waals surface area contributed by atoms with E-state index in [0.717, 1.165) is 12.1 Å². The summed E-state index contributed by atoms with van der Waals surface area (Å²) in [6.45, 7) is 1.19. The van der Waals surface area contributed by atoms with Crippen LogP contribution in [0.15, 0.2) is 72.8 Å². The van der Waals surface area contributed by atoms with Gasteiger partial charge in [-0.05, 0) is 74.7 Å². The highest BCUT2D eigenvalue weighted by molar-refractivity contribution is 7.93. The second kappa shape index (κ2) is 15.0. The van der Waals surface area contributed by atoms with Gasteiger partial charge in [0.1, 0.15) is 0 Å². The highest BCUT2D eigenvalue weighted by Crippen LogP contribution is 2.39. The second-order valence-electron chi connectivity index (χ2n) is 13.1. The zero-order chi connectivity index (χ0) is 37.3. The quantitative estimate of drug-likeness (QED) is 0.124. The van der Waals surface area contributed by atoms with Crippen molar-refractivity contribution in [2.45, 2.75) is 61.9 Å². The van der Waals surface area contributed by atoms with Gasteiger partial charge in [0.05, 0.1) is 34.2 Å². The molecule has 6 rings (SSSR count). The van der Waals surface area contributed by atoms with Crippen molar-refractivity contribution in [1.82, 2.24) is 20.5 Å². The molecule has 1 aliphatic heterocycles. The second-order valence-corrected chi connectivity index (χ2v) is 15.0. The standard InChI is InChI=1S/C36H37F6N5O4S/c37-35(38,39)24-8-4-7-23(19-24)32-29(21-47-16-13-25(14-17-47)43-15-18-48)31(34(49)45-33(36(40,41)42)22-5-2-1-3-6-22)28-20-26(9-12-30(28)44-32)46-52(50,51)27-10-11-27/h1-9,12,19-20,25,27,33,43,46,48H,10-11,13-18,21H2,(H,45,49). The van der Waals surface area contributed by atoms with E-state index in [0.29, 0.717) is 45.3 Å². The van der Waals surface area contributed by atoms with E-state index >= 15 is 0 Å². The summed E-state index contributed by atoms with van der Waals surface area (Å²) in [5.74, 6) is -1.16. The van der Waals surface area contributed by atoms with E-state index < -0.39 is 45.1 Å². The lowest BCUT2D eigenvalue weighted by atomic mass is 9.93. The van der Waals surface area contributed by atoms with Crippen molar-refractivity contribution >= 4 is 32.5 Å². The summed E-state index contributed by atoms with van der Waals surface area (Å²) in [7, 11) is -3.79. The van der Waals surface area contributed by atoms with Crippen molar-refractivity contribution in [3.63, 3.8) is 0 Å². The predicted octanol–water partition coefficient (Wildman–Crippen LogP) is 6.40. The molecule has 0 radical (unpaired) electrons. The van der Waals surface area contributed by atoms with E-state index in [2.05, 4.69) is 15.4 Å². The van der Waals surface area contributed by atoms with Gasteiger partial charge in [-0.15, -0.1) is 0 Å². The van der Waals surface area contributed by atoms with Crippen LogP contribution in [-0.4, -0.2) is 73.0 Å². The number of aromatic nitrogens is 1. The fourth-order valence-corrected chi connectivity index (χ4v) is 7.86. The summed E-state index contributed by atoms with van der Waals surface area (Å²) in [5, 5.41) is 14.0. The summed E-state index contributed by atoms with van der Waals surface area (Å²) >= 11 is 0. The third-order valence-electron chi connectivity index (χ3n) is 9.25. The van der Waals surface area contributed by atoms with Crippen LogP contribution >= 0.6 is 0 Å². The molecule has 1 aliphatic carbocycles. The number of carbonyl (C=O) groups excluding carboxylic acids is 1. The maximum absolute atomic E-state index is 14.6. The van der Waals surface area contributed by atoms with Gasteiger partial charge in [-0.2, -0.15) is 26.3 Å². The Balaban J connectivity index is 1.53. The van der Waals surface area contributed by atoms with Crippen molar-refractivity contribution < 1.29 is 44.7 Å². The normalized spacial score (nSPS) is 16.9.